The molecule has 1 atom stereocenters. The molecule has 0 heterocycles. The van der Waals surface area contributed by atoms with Crippen LogP contribution in [0.3, 0.4) is 0 Å². The molecule has 2 aromatic carbocycles. The summed E-state index contributed by atoms with van der Waals surface area (Å²) in [5.74, 6) is -0.775. The minimum absolute atomic E-state index is 0.139. The molecule has 3 amide bonds. The molecule has 0 saturated heterocycles. The zero-order valence-electron chi connectivity index (χ0n) is 20.7. The predicted molar refractivity (Wildman–Crippen MR) is 140 cm³/mol. The lowest BCUT2D eigenvalue weighted by Crippen LogP contribution is -2.41. The summed E-state index contributed by atoms with van der Waals surface area (Å²) in [5.41, 5.74) is 1.78. The summed E-state index contributed by atoms with van der Waals surface area (Å²) in [4.78, 5) is 48.0. The molecule has 2 rings (SSSR count). The first-order valence-electron chi connectivity index (χ1n) is 12.2. The summed E-state index contributed by atoms with van der Waals surface area (Å²) in [6.45, 7) is 1.01. The minimum atomic E-state index is -0.696. The number of unbranched alkanes of at least 4 members (excludes halogenated alkanes) is 1. The monoisotopic (exact) mass is 531 g/mol. The molecule has 3 N–H and O–H groups in total. The van der Waals surface area contributed by atoms with Crippen LogP contribution in [-0.4, -0.2) is 48.9 Å². The zero-order chi connectivity index (χ0) is 26.7. The Morgan fingerprint density at radius 1 is 0.730 bits per heavy atom. The molecule has 0 aliphatic rings. The molecule has 0 fully saturated rings. The number of benzene rings is 2. The first-order valence-corrected chi connectivity index (χ1v) is 12.8. The number of alkyl halides is 1. The summed E-state index contributed by atoms with van der Waals surface area (Å²) < 4.78 is 10.3. The molecule has 200 valence electrons. The molecule has 9 nitrogen and oxygen atoms in total. The molecule has 37 heavy (non-hydrogen) atoms. The molecular formula is C27H34ClN3O6. The lowest BCUT2D eigenvalue weighted by Gasteiger charge is -2.17. The maximum absolute atomic E-state index is 12.3. The highest BCUT2D eigenvalue weighted by Crippen LogP contribution is 2.05. The van der Waals surface area contributed by atoms with Crippen molar-refractivity contribution in [3.05, 3.63) is 71.8 Å². The van der Waals surface area contributed by atoms with Crippen molar-refractivity contribution < 1.29 is 28.7 Å². The van der Waals surface area contributed by atoms with Gasteiger partial charge in [-0.1, -0.05) is 60.7 Å². The van der Waals surface area contributed by atoms with Crippen LogP contribution < -0.4 is 16.0 Å². The van der Waals surface area contributed by atoms with E-state index in [1.807, 2.05) is 60.7 Å². The van der Waals surface area contributed by atoms with E-state index >= 15 is 0 Å². The number of amides is 3. The Kier molecular flexibility index (Phi) is 14.2. The third-order valence-corrected chi connectivity index (χ3v) is 5.58. The van der Waals surface area contributed by atoms with Gasteiger partial charge in [-0.2, -0.15) is 0 Å². The number of ketones is 1. The molecule has 0 aliphatic carbocycles. The highest BCUT2D eigenvalue weighted by atomic mass is 35.5. The second kappa shape index (κ2) is 17.8. The van der Waals surface area contributed by atoms with E-state index in [1.54, 1.807) is 0 Å². The number of Topliss-reactive ketones (excluding diaryl/α,β-unsaturated/α-hetero) is 1. The van der Waals surface area contributed by atoms with Gasteiger partial charge in [-0.15, -0.1) is 11.6 Å². The van der Waals surface area contributed by atoms with Gasteiger partial charge in [-0.05, 0) is 36.8 Å². The average molecular weight is 532 g/mol. The van der Waals surface area contributed by atoms with Crippen LogP contribution in [-0.2, 0) is 32.3 Å². The molecule has 0 bridgehead atoms. The van der Waals surface area contributed by atoms with Gasteiger partial charge in [0, 0.05) is 19.5 Å². The van der Waals surface area contributed by atoms with Gasteiger partial charge in [-0.25, -0.2) is 9.59 Å². The average Bonchev–Trinajstić information content (AvgIpc) is 2.93. The van der Waals surface area contributed by atoms with Gasteiger partial charge in [0.2, 0.25) is 5.91 Å². The molecular weight excluding hydrogens is 498 g/mol. The van der Waals surface area contributed by atoms with Crippen LogP contribution in [0.4, 0.5) is 9.59 Å². The molecule has 0 aromatic heterocycles. The van der Waals surface area contributed by atoms with Gasteiger partial charge in [0.05, 0.1) is 11.9 Å². The topological polar surface area (TPSA) is 123 Å². The number of nitrogens with one attached hydrogen (secondary N) is 3. The maximum atomic E-state index is 12.3. The molecule has 10 heteroatoms. The number of halogens is 1. The number of carbonyl (C=O) groups is 4. The van der Waals surface area contributed by atoms with Gasteiger partial charge < -0.3 is 25.4 Å². The molecule has 0 spiro atoms. The third-order valence-electron chi connectivity index (χ3n) is 5.32. The molecule has 0 unspecified atom stereocenters. The normalized spacial score (nSPS) is 11.2. The van der Waals surface area contributed by atoms with Crippen molar-refractivity contribution >= 4 is 35.5 Å². The van der Waals surface area contributed by atoms with Gasteiger partial charge >= 0.3 is 12.2 Å². The Morgan fingerprint density at radius 2 is 1.24 bits per heavy atom. The van der Waals surface area contributed by atoms with E-state index in [4.69, 9.17) is 21.1 Å². The minimum Gasteiger partial charge on any atom is -0.445 e. The lowest BCUT2D eigenvalue weighted by molar-refractivity contribution is -0.127. The van der Waals surface area contributed by atoms with Crippen molar-refractivity contribution in [2.24, 2.45) is 0 Å². The SMILES string of the molecule is O=C(CCCNC(=O)OCc1ccccc1)N[C@@H](CCCCNC(=O)OCc1ccccc1)C(=O)CCl. The summed E-state index contributed by atoms with van der Waals surface area (Å²) in [6.07, 6.45) is 1.07. The van der Waals surface area contributed by atoms with Crippen molar-refractivity contribution in [1.29, 1.82) is 0 Å². The van der Waals surface area contributed by atoms with Crippen molar-refractivity contribution in [2.75, 3.05) is 19.0 Å². The zero-order valence-corrected chi connectivity index (χ0v) is 21.5. The van der Waals surface area contributed by atoms with Crippen LogP contribution in [0.1, 0.15) is 43.2 Å². The van der Waals surface area contributed by atoms with Gasteiger partial charge in [0.1, 0.15) is 13.2 Å². The fourth-order valence-electron chi connectivity index (χ4n) is 3.32. The van der Waals surface area contributed by atoms with E-state index in [2.05, 4.69) is 16.0 Å². The second-order valence-corrected chi connectivity index (χ2v) is 8.56. The highest BCUT2D eigenvalue weighted by molar-refractivity contribution is 6.28. The van der Waals surface area contributed by atoms with Gasteiger partial charge in [0.15, 0.2) is 5.78 Å². The van der Waals surface area contributed by atoms with Crippen molar-refractivity contribution in [2.45, 2.75) is 51.4 Å². The number of hydrogen-bond acceptors (Lipinski definition) is 6. The highest BCUT2D eigenvalue weighted by Gasteiger charge is 2.19. The predicted octanol–water partition coefficient (Wildman–Crippen LogP) is 4.08. The molecule has 0 saturated carbocycles. The van der Waals surface area contributed by atoms with E-state index < -0.39 is 18.2 Å². The third kappa shape index (κ3) is 13.3. The summed E-state index contributed by atoms with van der Waals surface area (Å²) in [7, 11) is 0. The van der Waals surface area contributed by atoms with Crippen LogP contribution in [0.25, 0.3) is 0 Å². The fourth-order valence-corrected chi connectivity index (χ4v) is 3.51. The van der Waals surface area contributed by atoms with Crippen LogP contribution in [0.15, 0.2) is 60.7 Å². The maximum Gasteiger partial charge on any atom is 0.407 e. The van der Waals surface area contributed by atoms with Gasteiger partial charge in [0.25, 0.3) is 0 Å². The van der Waals surface area contributed by atoms with Crippen LogP contribution in [0, 0.1) is 0 Å². The first kappa shape index (κ1) is 29.6. The van der Waals surface area contributed by atoms with Crippen LogP contribution >= 0.6 is 11.6 Å². The first-order chi connectivity index (χ1) is 18.0. The number of ether oxygens (including phenoxy) is 2. The van der Waals surface area contributed by atoms with Crippen LogP contribution in [0.2, 0.25) is 0 Å². The van der Waals surface area contributed by atoms with E-state index in [0.717, 1.165) is 11.1 Å². The van der Waals surface area contributed by atoms with E-state index in [-0.39, 0.29) is 43.7 Å². The molecule has 0 aliphatic heterocycles. The quantitative estimate of drug-likeness (QED) is 0.221. The van der Waals surface area contributed by atoms with E-state index in [0.29, 0.717) is 32.2 Å². The lowest BCUT2D eigenvalue weighted by atomic mass is 10.1. The number of rotatable bonds is 16. The van der Waals surface area contributed by atoms with E-state index in [1.165, 1.54) is 0 Å². The van der Waals surface area contributed by atoms with Gasteiger partial charge in [-0.3, -0.25) is 9.59 Å². The Hall–Kier alpha value is -3.59. The van der Waals surface area contributed by atoms with Crippen molar-refractivity contribution in [3.8, 4) is 0 Å². The molecule has 0 radical (unpaired) electrons. The molecule has 2 aromatic rings. The Labute approximate surface area is 222 Å². The van der Waals surface area contributed by atoms with Crippen LogP contribution in [0.5, 0.6) is 0 Å². The standard InChI is InChI=1S/C27H34ClN3O6/c28-18-24(32)23(14-7-8-16-29-26(34)36-19-21-10-3-1-4-11-21)31-25(33)15-9-17-30-27(35)37-20-22-12-5-2-6-13-22/h1-6,10-13,23H,7-9,14-20H2,(H,29,34)(H,30,35)(H,31,33)/t23-/m0/s1. The number of alkyl carbamates (subject to hydrolysis) is 2. The second-order valence-electron chi connectivity index (χ2n) is 8.30. The summed E-state index contributed by atoms with van der Waals surface area (Å²) in [6, 6.07) is 18.0. The van der Waals surface area contributed by atoms with Crippen molar-refractivity contribution in [3.63, 3.8) is 0 Å². The Bertz CT molecular complexity index is 975. The summed E-state index contributed by atoms with van der Waals surface area (Å²) in [5, 5.41) is 7.98. The summed E-state index contributed by atoms with van der Waals surface area (Å²) >= 11 is 5.70. The number of carbonyl (C=O) groups excluding carboxylic acids is 4. The van der Waals surface area contributed by atoms with E-state index in [9.17, 15) is 19.2 Å². The largest absolute Gasteiger partial charge is 0.445 e. The van der Waals surface area contributed by atoms with Crippen molar-refractivity contribution in [1.82, 2.24) is 16.0 Å². The smallest absolute Gasteiger partial charge is 0.407 e. The fraction of sp³-hybridized carbons (Fsp3) is 0.407. The Balaban J connectivity index is 1.56. The number of hydrogen-bond donors (Lipinski definition) is 3. The Morgan fingerprint density at radius 3 is 1.76 bits per heavy atom.